The fraction of sp³-hybridized carbons (Fsp3) is 0.467. The molecule has 5 nitrogen and oxygen atoms in total. The molecule has 2 unspecified atom stereocenters. The number of β-amino-alcohol motifs (C(OH)–C–C–N with tert-alkyl or cyclic N) is 1. The van der Waals surface area contributed by atoms with Crippen molar-refractivity contribution in [3.63, 3.8) is 0 Å². The second-order valence-corrected chi connectivity index (χ2v) is 5.53. The van der Waals surface area contributed by atoms with E-state index >= 15 is 0 Å². The Labute approximate surface area is 127 Å². The third-order valence-electron chi connectivity index (χ3n) is 4.10. The van der Waals surface area contributed by atoms with Crippen molar-refractivity contribution in [1.29, 1.82) is 0 Å². The lowest BCUT2D eigenvalue weighted by molar-refractivity contribution is 0.0601. The van der Waals surface area contributed by atoms with Gasteiger partial charge in [-0.05, 0) is 31.5 Å². The molecule has 118 valence electrons. The molecule has 0 bridgehead atoms. The van der Waals surface area contributed by atoms with Gasteiger partial charge in [0.1, 0.15) is 23.8 Å². The van der Waals surface area contributed by atoms with Gasteiger partial charge in [-0.25, -0.2) is 13.8 Å². The number of aliphatic hydroxyl groups excluding tert-OH is 1. The van der Waals surface area contributed by atoms with E-state index in [-0.39, 0.29) is 18.2 Å². The highest BCUT2D eigenvalue weighted by molar-refractivity contribution is 5.22. The fourth-order valence-electron chi connectivity index (χ4n) is 3.04. The van der Waals surface area contributed by atoms with Crippen LogP contribution in [0.15, 0.2) is 24.5 Å². The van der Waals surface area contributed by atoms with E-state index in [2.05, 4.69) is 15.2 Å². The van der Waals surface area contributed by atoms with E-state index in [0.29, 0.717) is 0 Å². The molecule has 3 rings (SSSR count). The topological polar surface area (TPSA) is 65.0 Å². The highest BCUT2D eigenvalue weighted by Gasteiger charge is 2.29. The second-order valence-electron chi connectivity index (χ2n) is 5.53. The molecule has 2 aromatic rings. The first kappa shape index (κ1) is 15.1. The molecule has 1 fully saturated rings. The number of piperidine rings is 1. The lowest BCUT2D eigenvalue weighted by Crippen LogP contribution is -2.37. The number of nitrogens with zero attached hydrogens (tertiary/aromatic N) is 3. The summed E-state index contributed by atoms with van der Waals surface area (Å²) in [6.45, 7) is 0.904. The minimum absolute atomic E-state index is 0.0132. The number of aromatic nitrogens is 3. The van der Waals surface area contributed by atoms with Crippen LogP contribution in [-0.2, 0) is 0 Å². The van der Waals surface area contributed by atoms with Gasteiger partial charge in [0.05, 0.1) is 17.7 Å². The Kier molecular flexibility index (Phi) is 4.44. The van der Waals surface area contributed by atoms with Crippen molar-refractivity contribution in [2.45, 2.75) is 31.4 Å². The molecule has 7 heteroatoms. The second kappa shape index (κ2) is 6.50. The predicted octanol–water partition coefficient (Wildman–Crippen LogP) is 2.34. The number of benzene rings is 1. The number of likely N-dealkylation sites (tertiary alicyclic amines) is 1. The standard InChI is InChI=1S/C15H18F2N4O/c16-10-4-3-5-11(17)14(10)13(22)8-21-7-2-1-6-12(21)15-18-9-19-20-15/h3-5,9,12-13,22H,1-2,6-8H2,(H,18,19,20). The van der Waals surface area contributed by atoms with Crippen molar-refractivity contribution in [1.82, 2.24) is 20.1 Å². The molecule has 0 radical (unpaired) electrons. The van der Waals surface area contributed by atoms with Gasteiger partial charge in [-0.15, -0.1) is 0 Å². The molecule has 2 heterocycles. The van der Waals surface area contributed by atoms with Gasteiger partial charge in [0.2, 0.25) is 0 Å². The Morgan fingerprint density at radius 3 is 2.77 bits per heavy atom. The highest BCUT2D eigenvalue weighted by Crippen LogP contribution is 2.31. The number of halogens is 2. The number of H-pyrrole nitrogens is 1. The van der Waals surface area contributed by atoms with Gasteiger partial charge in [0.25, 0.3) is 0 Å². The summed E-state index contributed by atoms with van der Waals surface area (Å²) in [4.78, 5) is 6.17. The van der Waals surface area contributed by atoms with Gasteiger partial charge >= 0.3 is 0 Å². The Hall–Kier alpha value is -1.86. The Morgan fingerprint density at radius 2 is 2.09 bits per heavy atom. The summed E-state index contributed by atoms with van der Waals surface area (Å²) in [5.41, 5.74) is -0.274. The fourth-order valence-corrected chi connectivity index (χ4v) is 3.04. The van der Waals surface area contributed by atoms with Gasteiger partial charge in [0.15, 0.2) is 0 Å². The monoisotopic (exact) mass is 308 g/mol. The molecule has 1 aliphatic heterocycles. The molecular weight excluding hydrogens is 290 g/mol. The van der Waals surface area contributed by atoms with Crippen LogP contribution in [0.4, 0.5) is 8.78 Å². The zero-order valence-corrected chi connectivity index (χ0v) is 12.0. The van der Waals surface area contributed by atoms with E-state index in [1.165, 1.54) is 12.4 Å². The van der Waals surface area contributed by atoms with Crippen LogP contribution in [0.2, 0.25) is 0 Å². The Bertz CT molecular complexity index is 600. The molecule has 0 spiro atoms. The van der Waals surface area contributed by atoms with Crippen molar-refractivity contribution in [3.05, 3.63) is 47.5 Å². The third kappa shape index (κ3) is 3.00. The lowest BCUT2D eigenvalue weighted by Gasteiger charge is -2.35. The zero-order chi connectivity index (χ0) is 15.5. The predicted molar refractivity (Wildman–Crippen MR) is 75.9 cm³/mol. The smallest absolute Gasteiger partial charge is 0.141 e. The van der Waals surface area contributed by atoms with Crippen molar-refractivity contribution < 1.29 is 13.9 Å². The zero-order valence-electron chi connectivity index (χ0n) is 12.0. The summed E-state index contributed by atoms with van der Waals surface area (Å²) < 4.78 is 27.6. The summed E-state index contributed by atoms with van der Waals surface area (Å²) in [7, 11) is 0. The SMILES string of the molecule is OC(CN1CCCCC1c1ncn[nH]1)c1c(F)cccc1F. The van der Waals surface area contributed by atoms with E-state index in [1.807, 2.05) is 4.90 Å². The van der Waals surface area contributed by atoms with Crippen molar-refractivity contribution in [2.75, 3.05) is 13.1 Å². The molecular formula is C15H18F2N4O. The van der Waals surface area contributed by atoms with Gasteiger partial charge in [-0.1, -0.05) is 12.5 Å². The maximum atomic E-state index is 13.8. The maximum absolute atomic E-state index is 13.8. The van der Waals surface area contributed by atoms with Gasteiger partial charge in [0, 0.05) is 6.54 Å². The van der Waals surface area contributed by atoms with Gasteiger partial charge in [-0.2, -0.15) is 5.10 Å². The van der Waals surface area contributed by atoms with E-state index < -0.39 is 17.7 Å². The molecule has 0 saturated carbocycles. The number of rotatable bonds is 4. The van der Waals surface area contributed by atoms with Crippen LogP contribution in [-0.4, -0.2) is 38.3 Å². The van der Waals surface area contributed by atoms with Crippen LogP contribution in [0, 0.1) is 11.6 Å². The molecule has 0 amide bonds. The van der Waals surface area contributed by atoms with E-state index in [1.54, 1.807) is 0 Å². The van der Waals surface area contributed by atoms with Crippen LogP contribution in [0.25, 0.3) is 0 Å². The van der Waals surface area contributed by atoms with E-state index in [9.17, 15) is 13.9 Å². The summed E-state index contributed by atoms with van der Waals surface area (Å²) in [5, 5.41) is 17.0. The molecule has 22 heavy (non-hydrogen) atoms. The Morgan fingerprint density at radius 1 is 1.32 bits per heavy atom. The number of nitrogens with one attached hydrogen (secondary N) is 1. The summed E-state index contributed by atoms with van der Waals surface area (Å²) in [6.07, 6.45) is 3.13. The van der Waals surface area contributed by atoms with Crippen molar-refractivity contribution in [3.8, 4) is 0 Å². The summed E-state index contributed by atoms with van der Waals surface area (Å²) >= 11 is 0. The van der Waals surface area contributed by atoms with Gasteiger partial charge in [-0.3, -0.25) is 10.00 Å². The highest BCUT2D eigenvalue weighted by atomic mass is 19.1. The van der Waals surface area contributed by atoms with E-state index in [0.717, 1.165) is 43.8 Å². The minimum Gasteiger partial charge on any atom is -0.387 e. The van der Waals surface area contributed by atoms with Crippen LogP contribution in [0.3, 0.4) is 0 Å². The quantitative estimate of drug-likeness (QED) is 0.910. The van der Waals surface area contributed by atoms with Crippen molar-refractivity contribution >= 4 is 0 Å². The number of aromatic amines is 1. The lowest BCUT2D eigenvalue weighted by atomic mass is 9.99. The molecule has 1 aliphatic rings. The average Bonchev–Trinajstić information content (AvgIpc) is 3.01. The molecule has 0 aliphatic carbocycles. The first-order chi connectivity index (χ1) is 10.7. The van der Waals surface area contributed by atoms with Crippen LogP contribution in [0.1, 0.15) is 42.8 Å². The van der Waals surface area contributed by atoms with Gasteiger partial charge < -0.3 is 5.11 Å². The summed E-state index contributed by atoms with van der Waals surface area (Å²) in [5.74, 6) is -0.720. The maximum Gasteiger partial charge on any atom is 0.141 e. The first-order valence-corrected chi connectivity index (χ1v) is 7.38. The number of hydrogen-bond donors (Lipinski definition) is 2. The minimum atomic E-state index is -1.22. The van der Waals surface area contributed by atoms with Crippen molar-refractivity contribution in [2.24, 2.45) is 0 Å². The van der Waals surface area contributed by atoms with E-state index in [4.69, 9.17) is 0 Å². The largest absolute Gasteiger partial charge is 0.387 e. The Balaban J connectivity index is 1.78. The number of aliphatic hydroxyl groups is 1. The number of hydrogen-bond acceptors (Lipinski definition) is 4. The average molecular weight is 308 g/mol. The molecule has 2 atom stereocenters. The molecule has 2 N–H and O–H groups in total. The summed E-state index contributed by atoms with van der Waals surface area (Å²) in [6, 6.07) is 3.59. The van der Waals surface area contributed by atoms with Crippen LogP contribution in [0.5, 0.6) is 0 Å². The molecule has 1 aromatic carbocycles. The first-order valence-electron chi connectivity index (χ1n) is 7.38. The van der Waals surface area contributed by atoms with Crippen LogP contribution < -0.4 is 0 Å². The molecule has 1 aromatic heterocycles. The van der Waals surface area contributed by atoms with Crippen LogP contribution >= 0.6 is 0 Å². The third-order valence-corrected chi connectivity index (χ3v) is 4.10. The molecule has 1 saturated heterocycles. The normalized spacial score (nSPS) is 21.0.